The van der Waals surface area contributed by atoms with Gasteiger partial charge in [0.15, 0.2) is 24.8 Å². The second-order valence-corrected chi connectivity index (χ2v) is 21.8. The van der Waals surface area contributed by atoms with Crippen LogP contribution in [0.15, 0.2) is 0 Å². The summed E-state index contributed by atoms with van der Waals surface area (Å²) in [5.41, 5.74) is -3.16. The van der Waals surface area contributed by atoms with Gasteiger partial charge in [-0.15, -0.1) is 0 Å². The van der Waals surface area contributed by atoms with Gasteiger partial charge in [-0.05, 0) is 117 Å². The van der Waals surface area contributed by atoms with E-state index in [4.69, 9.17) is 33.2 Å². The maximum absolute atomic E-state index is 12.3. The Bertz CT molecular complexity index is 1630. The van der Waals surface area contributed by atoms with E-state index in [9.17, 15) is 40.2 Å². The summed E-state index contributed by atoms with van der Waals surface area (Å²) >= 11 is 0. The molecule has 2 spiro atoms. The van der Waals surface area contributed by atoms with Crippen LogP contribution >= 0.6 is 0 Å². The van der Waals surface area contributed by atoms with Crippen molar-refractivity contribution in [1.29, 1.82) is 0 Å². The van der Waals surface area contributed by atoms with Crippen LogP contribution in [0, 0.1) is 44.8 Å². The number of fused-ring (bicyclic) bond motifs is 2. The van der Waals surface area contributed by atoms with Crippen molar-refractivity contribution in [2.24, 2.45) is 44.8 Å². The van der Waals surface area contributed by atoms with Crippen molar-refractivity contribution >= 4 is 11.9 Å². The third kappa shape index (κ3) is 6.60. The number of hydrogen-bond donors (Lipinski definition) is 6. The SMILES string of the molecule is CC(=O)O[C@@H]1[C@@H](OC(C)=O)[C@H](O[C@H]2CC[C@]34C[C@]35CC[C@]3(C)[C@@H]([C@@]6(C)CC[C@@H](C(C)(C)O)O6)[C@@H](O)C[C@@]3(C)[C@@H]5C[C@H](O[C@@H]3OC[C@@H](O)[C@H](O)[C@H]3O)[C@H]4C2(C)C)OC[C@H]1O. The number of hydrogen-bond acceptors (Lipinski definition) is 15. The van der Waals surface area contributed by atoms with Crippen molar-refractivity contribution in [2.75, 3.05) is 13.2 Å². The van der Waals surface area contributed by atoms with Crippen molar-refractivity contribution < 1.29 is 73.4 Å². The van der Waals surface area contributed by atoms with Gasteiger partial charge in [-0.3, -0.25) is 9.59 Å². The molecule has 8 aliphatic rings. The van der Waals surface area contributed by atoms with Crippen LogP contribution in [0.1, 0.15) is 120 Å². The largest absolute Gasteiger partial charge is 0.455 e. The van der Waals surface area contributed by atoms with Crippen molar-refractivity contribution in [3.05, 3.63) is 0 Å². The standard InChI is InChI=1S/C44H70O15/c1-21(45)55-32-25(49)19-54-37(33(32)56-22(2)46)58-28-11-13-44-20-43(44)15-14-40(7)34(42(9)12-10-29(59-42)39(5,6)52)23(47)17-41(40,8)27(43)16-26(35(44)38(28,3)4)57-36-31(51)30(50)24(48)18-53-36/h23-37,47-52H,10-20H2,1-9H3/t23-,24+,25+,26-,27-,28-,29-,30-,31+,32-,33+,34-,35-,36-,37-,40+,41-,42+,43-,44+/m0/s1. The Kier molecular flexibility index (Phi) is 10.9. The summed E-state index contributed by atoms with van der Waals surface area (Å²) in [4.78, 5) is 24.4. The molecule has 8 fully saturated rings. The molecule has 15 nitrogen and oxygen atoms in total. The highest BCUT2D eigenvalue weighted by molar-refractivity contribution is 5.67. The first-order valence-corrected chi connectivity index (χ1v) is 22.0. The fourth-order valence-electron chi connectivity index (χ4n) is 15.2. The van der Waals surface area contributed by atoms with Crippen molar-refractivity contribution in [3.63, 3.8) is 0 Å². The summed E-state index contributed by atoms with van der Waals surface area (Å²) in [6, 6.07) is 0. The third-order valence-electron chi connectivity index (χ3n) is 17.8. The van der Waals surface area contributed by atoms with E-state index >= 15 is 0 Å². The summed E-state index contributed by atoms with van der Waals surface area (Å²) in [6.45, 7) is 16.7. The van der Waals surface area contributed by atoms with E-state index in [1.165, 1.54) is 13.8 Å². The van der Waals surface area contributed by atoms with E-state index in [0.717, 1.165) is 32.1 Å². The van der Waals surface area contributed by atoms with Gasteiger partial charge >= 0.3 is 11.9 Å². The zero-order valence-electron chi connectivity index (χ0n) is 36.3. The molecule has 15 heteroatoms. The first kappa shape index (κ1) is 44.1. The monoisotopic (exact) mass is 838 g/mol. The molecule has 6 N–H and O–H groups in total. The molecule has 0 unspecified atom stereocenters. The van der Waals surface area contributed by atoms with Gasteiger partial charge in [-0.1, -0.05) is 27.7 Å². The molecule has 0 aromatic rings. The molecular weight excluding hydrogens is 768 g/mol. The van der Waals surface area contributed by atoms with Crippen LogP contribution in [0.25, 0.3) is 0 Å². The summed E-state index contributed by atoms with van der Waals surface area (Å²) in [5.74, 6) is -1.47. The Balaban J connectivity index is 1.13. The number of aliphatic hydroxyl groups excluding tert-OH is 5. The molecule has 5 aliphatic carbocycles. The molecule has 59 heavy (non-hydrogen) atoms. The van der Waals surface area contributed by atoms with Crippen LogP contribution in [0.4, 0.5) is 0 Å². The summed E-state index contributed by atoms with van der Waals surface area (Å²) in [5, 5.41) is 66.3. The van der Waals surface area contributed by atoms with E-state index in [1.54, 1.807) is 13.8 Å². The molecule has 3 heterocycles. The summed E-state index contributed by atoms with van der Waals surface area (Å²) in [6.07, 6.45) is -5.24. The minimum Gasteiger partial charge on any atom is -0.455 e. The van der Waals surface area contributed by atoms with Crippen LogP contribution in [0.3, 0.4) is 0 Å². The van der Waals surface area contributed by atoms with Gasteiger partial charge in [0.1, 0.15) is 24.4 Å². The Morgan fingerprint density at radius 1 is 0.695 bits per heavy atom. The van der Waals surface area contributed by atoms with Gasteiger partial charge in [0.05, 0.1) is 48.8 Å². The molecule has 8 rings (SSSR count). The predicted molar refractivity (Wildman–Crippen MR) is 207 cm³/mol. The van der Waals surface area contributed by atoms with E-state index in [0.29, 0.717) is 25.7 Å². The van der Waals surface area contributed by atoms with Gasteiger partial charge in [0.2, 0.25) is 0 Å². The van der Waals surface area contributed by atoms with E-state index < -0.39 is 96.1 Å². The lowest BCUT2D eigenvalue weighted by molar-refractivity contribution is -0.327. The van der Waals surface area contributed by atoms with E-state index in [2.05, 4.69) is 34.6 Å². The van der Waals surface area contributed by atoms with Crippen LogP contribution < -0.4 is 0 Å². The average Bonchev–Trinajstić information content (AvgIpc) is 3.49. The molecule has 336 valence electrons. The topological polar surface area (TPSA) is 220 Å². The molecule has 0 aromatic carbocycles. The molecule has 5 saturated carbocycles. The minimum atomic E-state index is -1.49. The predicted octanol–water partition coefficient (Wildman–Crippen LogP) is 2.50. The number of aliphatic hydroxyl groups is 6. The van der Waals surface area contributed by atoms with Gasteiger partial charge in [0, 0.05) is 19.8 Å². The normalized spacial score (nSPS) is 54.0. The molecule has 3 aliphatic heterocycles. The fourth-order valence-corrected chi connectivity index (χ4v) is 15.2. The van der Waals surface area contributed by atoms with Crippen molar-refractivity contribution in [1.82, 2.24) is 0 Å². The summed E-state index contributed by atoms with van der Waals surface area (Å²) < 4.78 is 43.5. The Morgan fingerprint density at radius 2 is 1.34 bits per heavy atom. The molecule has 20 atom stereocenters. The molecule has 0 radical (unpaired) electrons. The lowest BCUT2D eigenvalue weighted by Crippen LogP contribution is -2.65. The highest BCUT2D eigenvalue weighted by Gasteiger charge is 2.85. The Labute approximate surface area is 347 Å². The van der Waals surface area contributed by atoms with Crippen LogP contribution in [-0.4, -0.2) is 141 Å². The smallest absolute Gasteiger partial charge is 0.303 e. The fraction of sp³-hybridized carbons (Fsp3) is 0.955. The second-order valence-electron chi connectivity index (χ2n) is 21.8. The maximum Gasteiger partial charge on any atom is 0.303 e. The van der Waals surface area contributed by atoms with Crippen molar-refractivity contribution in [3.8, 4) is 0 Å². The number of carbonyl (C=O) groups is 2. The first-order chi connectivity index (χ1) is 27.3. The van der Waals surface area contributed by atoms with E-state index in [1.807, 2.05) is 0 Å². The minimum absolute atomic E-state index is 0.0659. The number of ether oxygens (including phenoxy) is 7. The quantitative estimate of drug-likeness (QED) is 0.153. The van der Waals surface area contributed by atoms with Gasteiger partial charge in [0.25, 0.3) is 0 Å². The molecule has 0 aromatic heterocycles. The van der Waals surface area contributed by atoms with Gasteiger partial charge in [-0.2, -0.15) is 0 Å². The first-order valence-electron chi connectivity index (χ1n) is 22.0. The van der Waals surface area contributed by atoms with Crippen LogP contribution in [0.5, 0.6) is 0 Å². The highest BCUT2D eigenvalue weighted by atomic mass is 16.7. The zero-order valence-corrected chi connectivity index (χ0v) is 36.3. The number of carbonyl (C=O) groups excluding carboxylic acids is 2. The van der Waals surface area contributed by atoms with Gasteiger partial charge in [-0.25, -0.2) is 0 Å². The maximum atomic E-state index is 12.3. The molecular formula is C44H70O15. The Hall–Kier alpha value is -1.50. The Morgan fingerprint density at radius 3 is 1.98 bits per heavy atom. The number of esters is 2. The second kappa shape index (κ2) is 14.5. The summed E-state index contributed by atoms with van der Waals surface area (Å²) in [7, 11) is 0. The third-order valence-corrected chi connectivity index (χ3v) is 17.8. The van der Waals surface area contributed by atoms with Crippen LogP contribution in [0.2, 0.25) is 0 Å². The zero-order chi connectivity index (χ0) is 43.0. The van der Waals surface area contributed by atoms with Crippen molar-refractivity contribution in [2.45, 2.75) is 205 Å². The van der Waals surface area contributed by atoms with Gasteiger partial charge < -0.3 is 63.8 Å². The lowest BCUT2D eigenvalue weighted by Gasteiger charge is -2.65. The lowest BCUT2D eigenvalue weighted by atomic mass is 9.41. The van der Waals surface area contributed by atoms with Crippen LogP contribution in [-0.2, 0) is 42.7 Å². The molecule has 0 amide bonds. The highest BCUT2D eigenvalue weighted by Crippen LogP contribution is 2.89. The average molecular weight is 839 g/mol. The van der Waals surface area contributed by atoms with E-state index in [-0.39, 0.29) is 58.7 Å². The molecule has 3 saturated heterocycles. The molecule has 0 bridgehead atoms. The number of rotatable bonds is 8.